The molecule has 1 N–H and O–H groups in total. The van der Waals surface area contributed by atoms with Gasteiger partial charge in [0.25, 0.3) is 0 Å². The van der Waals surface area contributed by atoms with Crippen molar-refractivity contribution >= 4 is 5.91 Å². The Kier molecular flexibility index (Phi) is 3.27. The summed E-state index contributed by atoms with van der Waals surface area (Å²) in [4.78, 5) is 14.4. The molecule has 2 fully saturated rings. The molecule has 1 aromatic carbocycles. The van der Waals surface area contributed by atoms with Gasteiger partial charge in [0.2, 0.25) is 5.91 Å². The van der Waals surface area contributed by atoms with Crippen LogP contribution in [0.4, 0.5) is 4.39 Å². The molecule has 3 nitrogen and oxygen atoms in total. The number of benzene rings is 1. The molecule has 0 saturated carbocycles. The molecule has 19 heavy (non-hydrogen) atoms. The predicted octanol–water partition coefficient (Wildman–Crippen LogP) is 1.61. The molecule has 0 spiro atoms. The Bertz CT molecular complexity index is 479. The lowest BCUT2D eigenvalue weighted by atomic mass is 10.00. The predicted molar refractivity (Wildman–Crippen MR) is 71.2 cm³/mol. The summed E-state index contributed by atoms with van der Waals surface area (Å²) in [6, 6.07) is 6.36. The van der Waals surface area contributed by atoms with E-state index in [2.05, 4.69) is 5.32 Å². The largest absolute Gasteiger partial charge is 0.342 e. The number of carbonyl (C=O) groups is 1. The first kappa shape index (κ1) is 12.6. The van der Waals surface area contributed by atoms with Gasteiger partial charge in [0.05, 0.1) is 5.92 Å². The molecular weight excluding hydrogens is 243 g/mol. The first-order valence-corrected chi connectivity index (χ1v) is 6.90. The number of halogens is 1. The second-order valence-corrected chi connectivity index (χ2v) is 5.70. The Morgan fingerprint density at radius 2 is 2.05 bits per heavy atom. The van der Waals surface area contributed by atoms with Gasteiger partial charge in [-0.05, 0) is 36.5 Å². The van der Waals surface area contributed by atoms with E-state index < -0.39 is 0 Å². The van der Waals surface area contributed by atoms with Crippen LogP contribution in [-0.4, -0.2) is 37.0 Å². The van der Waals surface area contributed by atoms with Crippen molar-refractivity contribution in [3.8, 4) is 0 Å². The molecule has 0 aliphatic carbocycles. The van der Waals surface area contributed by atoms with Crippen molar-refractivity contribution in [2.24, 2.45) is 11.8 Å². The van der Waals surface area contributed by atoms with Crippen LogP contribution >= 0.6 is 0 Å². The van der Waals surface area contributed by atoms with Crippen LogP contribution in [0.3, 0.4) is 0 Å². The minimum absolute atomic E-state index is 0.125. The third-order valence-electron chi connectivity index (χ3n) is 4.42. The van der Waals surface area contributed by atoms with E-state index in [1.807, 2.05) is 17.9 Å². The smallest absolute Gasteiger partial charge is 0.229 e. The average Bonchev–Trinajstić information content (AvgIpc) is 2.97. The van der Waals surface area contributed by atoms with Crippen molar-refractivity contribution in [2.75, 3.05) is 26.2 Å². The van der Waals surface area contributed by atoms with E-state index in [9.17, 15) is 9.18 Å². The normalized spacial score (nSPS) is 27.4. The van der Waals surface area contributed by atoms with Gasteiger partial charge in [0.15, 0.2) is 0 Å². The van der Waals surface area contributed by atoms with Crippen molar-refractivity contribution in [3.63, 3.8) is 0 Å². The van der Waals surface area contributed by atoms with Crippen molar-refractivity contribution in [2.45, 2.75) is 12.8 Å². The summed E-state index contributed by atoms with van der Waals surface area (Å²) in [7, 11) is 0. The number of hydrogen-bond acceptors (Lipinski definition) is 2. The van der Waals surface area contributed by atoms with Gasteiger partial charge >= 0.3 is 0 Å². The zero-order valence-corrected chi connectivity index (χ0v) is 11.1. The Morgan fingerprint density at radius 1 is 1.37 bits per heavy atom. The van der Waals surface area contributed by atoms with E-state index >= 15 is 0 Å². The van der Waals surface area contributed by atoms with Crippen LogP contribution in [0.2, 0.25) is 0 Å². The average molecular weight is 262 g/mol. The van der Waals surface area contributed by atoms with Crippen LogP contribution in [0.1, 0.15) is 18.4 Å². The summed E-state index contributed by atoms with van der Waals surface area (Å²) in [5.74, 6) is 0.787. The molecule has 0 bridgehead atoms. The fraction of sp³-hybridized carbons (Fsp3) is 0.533. The standard InChI is InChI=1S/C15H19FN2O/c1-10(11-3-2-4-14(16)5-11)15(19)18-8-12-6-17-7-13(12)9-18/h2-5,10,12-13,17H,6-9H2,1H3/t10?,12-,13+. The fourth-order valence-electron chi connectivity index (χ4n) is 3.23. The summed E-state index contributed by atoms with van der Waals surface area (Å²) in [6.07, 6.45) is 0. The Balaban J connectivity index is 1.70. The van der Waals surface area contributed by atoms with E-state index in [4.69, 9.17) is 0 Å². The molecule has 0 radical (unpaired) electrons. The number of fused-ring (bicyclic) bond motifs is 1. The molecule has 2 aliphatic rings. The van der Waals surface area contributed by atoms with Crippen molar-refractivity contribution in [1.29, 1.82) is 0 Å². The molecule has 1 aromatic rings. The van der Waals surface area contributed by atoms with E-state index in [-0.39, 0.29) is 17.6 Å². The number of nitrogens with zero attached hydrogens (tertiary/aromatic N) is 1. The molecule has 1 unspecified atom stereocenters. The minimum Gasteiger partial charge on any atom is -0.342 e. The number of hydrogen-bond donors (Lipinski definition) is 1. The summed E-state index contributed by atoms with van der Waals surface area (Å²) in [5.41, 5.74) is 0.764. The highest BCUT2D eigenvalue weighted by Crippen LogP contribution is 2.29. The molecule has 3 rings (SSSR count). The highest BCUT2D eigenvalue weighted by Gasteiger charge is 2.39. The van der Waals surface area contributed by atoms with Crippen LogP contribution in [0.15, 0.2) is 24.3 Å². The summed E-state index contributed by atoms with van der Waals surface area (Å²) in [6.45, 7) is 5.58. The molecule has 3 atom stereocenters. The van der Waals surface area contributed by atoms with Gasteiger partial charge in [-0.25, -0.2) is 4.39 Å². The molecule has 0 aromatic heterocycles. The van der Waals surface area contributed by atoms with Gasteiger partial charge in [0.1, 0.15) is 5.82 Å². The van der Waals surface area contributed by atoms with Crippen LogP contribution < -0.4 is 5.32 Å². The van der Waals surface area contributed by atoms with Gasteiger partial charge in [0, 0.05) is 26.2 Å². The van der Waals surface area contributed by atoms with E-state index in [1.165, 1.54) is 12.1 Å². The number of carbonyl (C=O) groups excluding carboxylic acids is 1. The van der Waals surface area contributed by atoms with E-state index in [1.54, 1.807) is 6.07 Å². The lowest BCUT2D eigenvalue weighted by Gasteiger charge is -2.22. The topological polar surface area (TPSA) is 32.3 Å². The first-order valence-electron chi connectivity index (χ1n) is 6.90. The number of likely N-dealkylation sites (tertiary alicyclic amines) is 1. The number of rotatable bonds is 2. The highest BCUT2D eigenvalue weighted by molar-refractivity contribution is 5.83. The zero-order chi connectivity index (χ0) is 13.4. The minimum atomic E-state index is -0.278. The van der Waals surface area contributed by atoms with Gasteiger partial charge in [-0.15, -0.1) is 0 Å². The monoisotopic (exact) mass is 262 g/mol. The van der Waals surface area contributed by atoms with Gasteiger partial charge < -0.3 is 10.2 Å². The molecule has 2 saturated heterocycles. The number of nitrogens with one attached hydrogen (secondary N) is 1. The van der Waals surface area contributed by atoms with Crippen molar-refractivity contribution in [1.82, 2.24) is 10.2 Å². The molecule has 2 heterocycles. The summed E-state index contributed by atoms with van der Waals surface area (Å²) in [5, 5.41) is 3.36. The Morgan fingerprint density at radius 3 is 2.68 bits per heavy atom. The maximum atomic E-state index is 13.2. The zero-order valence-electron chi connectivity index (χ0n) is 11.1. The van der Waals surface area contributed by atoms with E-state index in [0.717, 1.165) is 31.7 Å². The van der Waals surface area contributed by atoms with Gasteiger partial charge in [-0.2, -0.15) is 0 Å². The van der Waals surface area contributed by atoms with Crippen molar-refractivity contribution in [3.05, 3.63) is 35.6 Å². The number of amides is 1. The maximum absolute atomic E-state index is 13.2. The molecular formula is C15H19FN2O. The Hall–Kier alpha value is -1.42. The summed E-state index contributed by atoms with van der Waals surface area (Å²) < 4.78 is 13.2. The maximum Gasteiger partial charge on any atom is 0.229 e. The van der Waals surface area contributed by atoms with Gasteiger partial charge in [-0.3, -0.25) is 4.79 Å². The lowest BCUT2D eigenvalue weighted by molar-refractivity contribution is -0.131. The first-order chi connectivity index (χ1) is 9.15. The highest BCUT2D eigenvalue weighted by atomic mass is 19.1. The molecule has 102 valence electrons. The SMILES string of the molecule is CC(C(=O)N1C[C@H]2CNC[C@H]2C1)c1cccc(F)c1. The second-order valence-electron chi connectivity index (χ2n) is 5.70. The molecule has 1 amide bonds. The fourth-order valence-corrected chi connectivity index (χ4v) is 3.23. The van der Waals surface area contributed by atoms with E-state index in [0.29, 0.717) is 11.8 Å². The third-order valence-corrected chi connectivity index (χ3v) is 4.42. The van der Waals surface area contributed by atoms with Crippen molar-refractivity contribution < 1.29 is 9.18 Å². The Labute approximate surface area is 112 Å². The van der Waals surface area contributed by atoms with Gasteiger partial charge in [-0.1, -0.05) is 12.1 Å². The van der Waals surface area contributed by atoms with Crippen LogP contribution in [0.25, 0.3) is 0 Å². The third kappa shape index (κ3) is 2.37. The van der Waals surface area contributed by atoms with Crippen LogP contribution in [0, 0.1) is 17.7 Å². The van der Waals surface area contributed by atoms with Crippen LogP contribution in [-0.2, 0) is 4.79 Å². The van der Waals surface area contributed by atoms with Crippen LogP contribution in [0.5, 0.6) is 0 Å². The second kappa shape index (κ2) is 4.93. The summed E-state index contributed by atoms with van der Waals surface area (Å²) >= 11 is 0. The quantitative estimate of drug-likeness (QED) is 0.878. The molecule has 4 heteroatoms. The molecule has 2 aliphatic heterocycles. The lowest BCUT2D eigenvalue weighted by Crippen LogP contribution is -2.34.